The predicted molar refractivity (Wildman–Crippen MR) is 124 cm³/mol. The van der Waals surface area contributed by atoms with Gasteiger partial charge in [-0.15, -0.1) is 0 Å². The van der Waals surface area contributed by atoms with Crippen molar-refractivity contribution in [3.63, 3.8) is 0 Å². The van der Waals surface area contributed by atoms with E-state index in [-0.39, 0.29) is 5.91 Å². The van der Waals surface area contributed by atoms with Crippen LogP contribution in [0.25, 0.3) is 22.2 Å². The van der Waals surface area contributed by atoms with Gasteiger partial charge in [0.15, 0.2) is 0 Å². The van der Waals surface area contributed by atoms with Gasteiger partial charge in [0.25, 0.3) is 5.91 Å². The van der Waals surface area contributed by atoms with Crippen LogP contribution >= 0.6 is 0 Å². The summed E-state index contributed by atoms with van der Waals surface area (Å²) in [4.78, 5) is 18.0. The van der Waals surface area contributed by atoms with Crippen molar-refractivity contribution in [3.8, 4) is 17.0 Å². The highest BCUT2D eigenvalue weighted by atomic mass is 16.5. The normalized spacial score (nSPS) is 10.9. The van der Waals surface area contributed by atoms with Crippen molar-refractivity contribution < 1.29 is 9.53 Å². The van der Waals surface area contributed by atoms with Gasteiger partial charge in [-0.2, -0.15) is 0 Å². The molecule has 0 saturated heterocycles. The molecular weight excluding hydrogens is 372 g/mol. The fraction of sp³-hybridized carbons (Fsp3) is 0.385. The van der Waals surface area contributed by atoms with Crippen LogP contribution < -0.4 is 10.1 Å². The van der Waals surface area contributed by atoms with Gasteiger partial charge in [0.1, 0.15) is 5.75 Å². The van der Waals surface area contributed by atoms with Gasteiger partial charge >= 0.3 is 0 Å². The van der Waals surface area contributed by atoms with Gasteiger partial charge in [0.05, 0.1) is 23.9 Å². The van der Waals surface area contributed by atoms with Crippen molar-refractivity contribution >= 4 is 16.8 Å². The Kier molecular flexibility index (Phi) is 7.83. The number of para-hydroxylation sites is 1. The van der Waals surface area contributed by atoms with E-state index in [1.54, 1.807) is 7.11 Å². The molecule has 0 radical (unpaired) electrons. The molecule has 30 heavy (non-hydrogen) atoms. The summed E-state index contributed by atoms with van der Waals surface area (Å²) >= 11 is 0. The van der Waals surface area contributed by atoms with Crippen molar-refractivity contribution in [2.45, 2.75) is 52.4 Å². The van der Waals surface area contributed by atoms with Crippen molar-refractivity contribution in [2.75, 3.05) is 13.7 Å². The van der Waals surface area contributed by atoms with Crippen LogP contribution in [-0.2, 0) is 0 Å². The minimum atomic E-state index is -0.0191. The number of methoxy groups -OCH3 is 1. The lowest BCUT2D eigenvalue weighted by atomic mass is 9.97. The molecule has 1 heterocycles. The maximum atomic E-state index is 13.1. The molecular formula is C26H32N2O2. The molecule has 158 valence electrons. The molecule has 0 aliphatic heterocycles. The molecule has 0 saturated carbocycles. The largest absolute Gasteiger partial charge is 0.497 e. The molecule has 0 spiro atoms. The molecule has 4 nitrogen and oxygen atoms in total. The van der Waals surface area contributed by atoms with Crippen LogP contribution in [0.15, 0.2) is 48.5 Å². The number of fused-ring (bicyclic) bond motifs is 1. The summed E-state index contributed by atoms with van der Waals surface area (Å²) in [5, 5.41) is 4.03. The van der Waals surface area contributed by atoms with E-state index in [1.165, 1.54) is 25.7 Å². The Balaban J connectivity index is 1.83. The Morgan fingerprint density at radius 1 is 0.967 bits per heavy atom. The highest BCUT2D eigenvalue weighted by Crippen LogP contribution is 2.30. The maximum absolute atomic E-state index is 13.1. The first kappa shape index (κ1) is 21.8. The number of ether oxygens (including phenoxy) is 1. The Morgan fingerprint density at radius 2 is 1.67 bits per heavy atom. The number of carbonyl (C=O) groups is 1. The standard InChI is InChI=1S/C26H32N2O2/c1-4-5-6-7-8-11-18-27-26(29)24-19(2)25(20-14-16-21(30-3)17-15-20)28-23-13-10-9-12-22(23)24/h9-10,12-17H,4-8,11,18H2,1-3H3,(H,27,29). The van der Waals surface area contributed by atoms with Gasteiger partial charge in [0.2, 0.25) is 0 Å². The number of rotatable bonds is 10. The lowest BCUT2D eigenvalue weighted by Gasteiger charge is -2.15. The predicted octanol–water partition coefficient (Wildman–Crippen LogP) is 6.31. The Morgan fingerprint density at radius 3 is 2.40 bits per heavy atom. The van der Waals surface area contributed by atoms with E-state index >= 15 is 0 Å². The highest BCUT2D eigenvalue weighted by Gasteiger charge is 2.18. The third kappa shape index (κ3) is 5.18. The van der Waals surface area contributed by atoms with E-state index in [0.717, 1.165) is 51.9 Å². The smallest absolute Gasteiger partial charge is 0.252 e. The lowest BCUT2D eigenvalue weighted by Crippen LogP contribution is -2.26. The van der Waals surface area contributed by atoms with E-state index in [9.17, 15) is 4.79 Å². The average Bonchev–Trinajstić information content (AvgIpc) is 2.78. The first-order valence-corrected chi connectivity index (χ1v) is 11.0. The Labute approximate surface area is 179 Å². The summed E-state index contributed by atoms with van der Waals surface area (Å²) in [7, 11) is 1.65. The topological polar surface area (TPSA) is 51.2 Å². The molecule has 4 heteroatoms. The maximum Gasteiger partial charge on any atom is 0.252 e. The molecule has 0 unspecified atom stereocenters. The number of aromatic nitrogens is 1. The fourth-order valence-corrected chi connectivity index (χ4v) is 3.83. The second kappa shape index (κ2) is 10.8. The zero-order chi connectivity index (χ0) is 21.3. The van der Waals surface area contributed by atoms with Gasteiger partial charge in [-0.3, -0.25) is 4.79 Å². The first-order chi connectivity index (χ1) is 14.7. The van der Waals surface area contributed by atoms with E-state index in [2.05, 4.69) is 12.2 Å². The summed E-state index contributed by atoms with van der Waals surface area (Å²) in [5.74, 6) is 0.781. The van der Waals surface area contributed by atoms with Gasteiger partial charge in [-0.1, -0.05) is 57.2 Å². The zero-order valence-electron chi connectivity index (χ0n) is 18.3. The van der Waals surface area contributed by atoms with Gasteiger partial charge in [-0.25, -0.2) is 4.98 Å². The van der Waals surface area contributed by atoms with Gasteiger partial charge < -0.3 is 10.1 Å². The monoisotopic (exact) mass is 404 g/mol. The third-order valence-corrected chi connectivity index (χ3v) is 5.54. The number of nitrogens with one attached hydrogen (secondary N) is 1. The van der Waals surface area contributed by atoms with E-state index in [1.807, 2.05) is 55.5 Å². The van der Waals surface area contributed by atoms with E-state index in [0.29, 0.717) is 6.54 Å². The summed E-state index contributed by atoms with van der Waals surface area (Å²) in [6, 6.07) is 15.7. The minimum absolute atomic E-state index is 0.0191. The first-order valence-electron chi connectivity index (χ1n) is 11.0. The molecule has 0 atom stereocenters. The van der Waals surface area contributed by atoms with Crippen LogP contribution in [0, 0.1) is 6.92 Å². The SMILES string of the molecule is CCCCCCCCNC(=O)c1c(C)c(-c2ccc(OC)cc2)nc2ccccc12. The molecule has 3 rings (SSSR count). The number of pyridine rings is 1. The summed E-state index contributed by atoms with van der Waals surface area (Å²) in [5.41, 5.74) is 4.26. The number of carbonyl (C=O) groups excluding carboxylic acids is 1. The second-order valence-corrected chi connectivity index (χ2v) is 7.73. The fourth-order valence-electron chi connectivity index (χ4n) is 3.83. The molecule has 3 aromatic rings. The minimum Gasteiger partial charge on any atom is -0.497 e. The van der Waals surface area contributed by atoms with Crippen LogP contribution in [0.4, 0.5) is 0 Å². The number of unbranched alkanes of at least 4 members (excludes halogenated alkanes) is 5. The summed E-state index contributed by atoms with van der Waals surface area (Å²) in [6.45, 7) is 4.92. The van der Waals surface area contributed by atoms with Crippen LogP contribution in [0.1, 0.15) is 61.4 Å². The molecule has 0 bridgehead atoms. The summed E-state index contributed by atoms with van der Waals surface area (Å²) < 4.78 is 5.27. The van der Waals surface area contributed by atoms with Crippen molar-refractivity contribution in [1.29, 1.82) is 0 Å². The number of nitrogens with zero attached hydrogens (tertiary/aromatic N) is 1. The Bertz CT molecular complexity index is 980. The van der Waals surface area contributed by atoms with E-state index < -0.39 is 0 Å². The molecule has 1 amide bonds. The molecule has 0 fully saturated rings. The third-order valence-electron chi connectivity index (χ3n) is 5.54. The van der Waals surface area contributed by atoms with Crippen LogP contribution in [-0.4, -0.2) is 24.5 Å². The van der Waals surface area contributed by atoms with Crippen molar-refractivity contribution in [2.24, 2.45) is 0 Å². The van der Waals surface area contributed by atoms with Crippen LogP contribution in [0.5, 0.6) is 5.75 Å². The quantitative estimate of drug-likeness (QED) is 0.403. The number of amides is 1. The average molecular weight is 405 g/mol. The highest BCUT2D eigenvalue weighted by molar-refractivity contribution is 6.08. The van der Waals surface area contributed by atoms with E-state index in [4.69, 9.17) is 9.72 Å². The molecule has 0 aliphatic rings. The van der Waals surface area contributed by atoms with Gasteiger partial charge in [-0.05, 0) is 49.2 Å². The number of hydrogen-bond acceptors (Lipinski definition) is 3. The Hall–Kier alpha value is -2.88. The summed E-state index contributed by atoms with van der Waals surface area (Å²) in [6.07, 6.45) is 7.24. The number of benzene rings is 2. The van der Waals surface area contributed by atoms with Crippen LogP contribution in [0.2, 0.25) is 0 Å². The van der Waals surface area contributed by atoms with Gasteiger partial charge in [0, 0.05) is 17.5 Å². The zero-order valence-corrected chi connectivity index (χ0v) is 18.3. The number of hydrogen-bond donors (Lipinski definition) is 1. The molecule has 0 aliphatic carbocycles. The molecule has 2 aromatic carbocycles. The molecule has 1 N–H and O–H groups in total. The lowest BCUT2D eigenvalue weighted by molar-refractivity contribution is 0.0954. The van der Waals surface area contributed by atoms with Crippen LogP contribution in [0.3, 0.4) is 0 Å². The molecule has 1 aromatic heterocycles. The van der Waals surface area contributed by atoms with Crippen molar-refractivity contribution in [3.05, 3.63) is 59.7 Å². The second-order valence-electron chi connectivity index (χ2n) is 7.73. The van der Waals surface area contributed by atoms with Crippen molar-refractivity contribution in [1.82, 2.24) is 10.3 Å².